The molecule has 134 valence electrons. The fourth-order valence-electron chi connectivity index (χ4n) is 3.00. The molecule has 8 nitrogen and oxygen atoms in total. The van der Waals surface area contributed by atoms with Crippen molar-refractivity contribution in [2.45, 2.75) is 38.2 Å². The first-order chi connectivity index (χ1) is 11.9. The van der Waals surface area contributed by atoms with Gasteiger partial charge in [-0.3, -0.25) is 4.79 Å². The molecule has 25 heavy (non-hydrogen) atoms. The van der Waals surface area contributed by atoms with E-state index in [4.69, 9.17) is 15.1 Å². The number of carboxylic acid groups (broad SMARTS) is 1. The quantitative estimate of drug-likeness (QED) is 0.646. The van der Waals surface area contributed by atoms with Gasteiger partial charge in [0.05, 0.1) is 19.1 Å². The monoisotopic (exact) mass is 348 g/mol. The van der Waals surface area contributed by atoms with Crippen LogP contribution < -0.4 is 15.1 Å². The van der Waals surface area contributed by atoms with Crippen LogP contribution in [0.4, 0.5) is 0 Å². The number of fused-ring (bicyclic) bond motifs is 1. The smallest absolute Gasteiger partial charge is 0.522 e. The highest BCUT2D eigenvalue weighted by molar-refractivity contribution is 6.44. The molecule has 3 rings (SSSR count). The van der Waals surface area contributed by atoms with E-state index in [1.165, 1.54) is 0 Å². The molecule has 9 heteroatoms. The Labute approximate surface area is 145 Å². The third-order valence-corrected chi connectivity index (χ3v) is 4.54. The van der Waals surface area contributed by atoms with Crippen molar-refractivity contribution in [2.24, 2.45) is 5.73 Å². The van der Waals surface area contributed by atoms with E-state index in [-0.39, 0.29) is 29.1 Å². The van der Waals surface area contributed by atoms with Crippen molar-refractivity contribution < 1.29 is 29.1 Å². The molecule has 1 amide bonds. The lowest BCUT2D eigenvalue weighted by Crippen LogP contribution is -2.59. The average molecular weight is 348 g/mol. The summed E-state index contributed by atoms with van der Waals surface area (Å²) >= 11 is 0. The van der Waals surface area contributed by atoms with Crippen LogP contribution in [0.2, 0.25) is 6.32 Å². The number of benzene rings is 1. The van der Waals surface area contributed by atoms with Gasteiger partial charge in [-0.25, -0.2) is 4.79 Å². The minimum Gasteiger partial charge on any atom is -0.535 e. The zero-order valence-corrected chi connectivity index (χ0v) is 14.0. The molecule has 2 aliphatic rings. The number of nitrogens with two attached hydrogens (primary N) is 1. The molecule has 0 aliphatic carbocycles. The number of ether oxygens (including phenoxy) is 1. The zero-order valence-electron chi connectivity index (χ0n) is 14.0. The number of amides is 1. The molecule has 0 aromatic heterocycles. The Morgan fingerprint density at radius 2 is 2.20 bits per heavy atom. The summed E-state index contributed by atoms with van der Waals surface area (Å²) in [5.74, 6) is -0.972. The predicted molar refractivity (Wildman–Crippen MR) is 89.8 cm³/mol. The third-order valence-electron chi connectivity index (χ3n) is 4.54. The Kier molecular flexibility index (Phi) is 4.87. The van der Waals surface area contributed by atoms with Crippen LogP contribution in [0.15, 0.2) is 12.1 Å². The Balaban J connectivity index is 1.73. The Bertz CT molecular complexity index is 691. The van der Waals surface area contributed by atoms with Gasteiger partial charge in [-0.05, 0) is 30.8 Å². The molecule has 2 aliphatic heterocycles. The van der Waals surface area contributed by atoms with Crippen molar-refractivity contribution in [3.05, 3.63) is 23.3 Å². The van der Waals surface area contributed by atoms with E-state index in [9.17, 15) is 19.7 Å². The standard InChI is InChI=1S/C16H21BN2O6/c1-2-11(18)15(20)19-7-10(8-19)24-12-4-3-9-5-6-17(23)25-14(9)13(12)16(21)22/h3-4,10-11,23H,2,5-8,18H2,1H3,(H,21,22)/t11-/m0/s1. The topological polar surface area (TPSA) is 122 Å². The lowest BCUT2D eigenvalue weighted by molar-refractivity contribution is -0.141. The first kappa shape index (κ1) is 17.6. The highest BCUT2D eigenvalue weighted by Gasteiger charge is 2.36. The number of carbonyl (C=O) groups is 2. The summed E-state index contributed by atoms with van der Waals surface area (Å²) in [6.07, 6.45) is 1.23. The van der Waals surface area contributed by atoms with Gasteiger partial charge in [0.2, 0.25) is 5.91 Å². The highest BCUT2D eigenvalue weighted by atomic mass is 16.5. The highest BCUT2D eigenvalue weighted by Crippen LogP contribution is 2.37. The van der Waals surface area contributed by atoms with E-state index in [2.05, 4.69) is 0 Å². The summed E-state index contributed by atoms with van der Waals surface area (Å²) in [4.78, 5) is 25.2. The predicted octanol–water partition coefficient (Wildman–Crippen LogP) is 0.127. The van der Waals surface area contributed by atoms with Gasteiger partial charge < -0.3 is 30.2 Å². The van der Waals surface area contributed by atoms with Crippen molar-refractivity contribution >= 4 is 19.0 Å². The van der Waals surface area contributed by atoms with Crippen molar-refractivity contribution in [3.8, 4) is 11.5 Å². The van der Waals surface area contributed by atoms with E-state index in [1.807, 2.05) is 6.92 Å². The number of aryl methyl sites for hydroxylation is 1. The van der Waals surface area contributed by atoms with E-state index in [0.717, 1.165) is 5.56 Å². The normalized spacial score (nSPS) is 18.0. The number of carbonyl (C=O) groups excluding carboxylic acids is 1. The van der Waals surface area contributed by atoms with Crippen molar-refractivity contribution in [1.82, 2.24) is 4.90 Å². The van der Waals surface area contributed by atoms with Crippen LogP contribution >= 0.6 is 0 Å². The molecular weight excluding hydrogens is 327 g/mol. The van der Waals surface area contributed by atoms with Crippen LogP contribution in [0.3, 0.4) is 0 Å². The Hall–Kier alpha value is -2.26. The van der Waals surface area contributed by atoms with E-state index in [1.54, 1.807) is 17.0 Å². The first-order valence-electron chi connectivity index (χ1n) is 8.35. The molecule has 1 saturated heterocycles. The second kappa shape index (κ2) is 6.93. The number of nitrogens with zero attached hydrogens (tertiary/aromatic N) is 1. The minimum absolute atomic E-state index is 0.0914. The van der Waals surface area contributed by atoms with Crippen LogP contribution in [-0.4, -0.2) is 59.3 Å². The van der Waals surface area contributed by atoms with Crippen LogP contribution in [0.1, 0.15) is 29.3 Å². The van der Waals surface area contributed by atoms with Gasteiger partial charge in [0, 0.05) is 0 Å². The lowest BCUT2D eigenvalue weighted by atomic mass is 9.78. The molecule has 1 atom stereocenters. The summed E-state index contributed by atoms with van der Waals surface area (Å²) in [6, 6.07) is 2.83. The van der Waals surface area contributed by atoms with Crippen LogP contribution in [0.25, 0.3) is 0 Å². The number of aromatic carboxylic acids is 1. The molecule has 2 heterocycles. The van der Waals surface area contributed by atoms with Gasteiger partial charge in [-0.1, -0.05) is 13.0 Å². The molecule has 1 fully saturated rings. The number of hydrogen-bond donors (Lipinski definition) is 3. The third kappa shape index (κ3) is 3.43. The molecule has 0 saturated carbocycles. The second-order valence-electron chi connectivity index (χ2n) is 6.34. The van der Waals surface area contributed by atoms with E-state index in [0.29, 0.717) is 32.3 Å². The van der Waals surface area contributed by atoms with Gasteiger partial charge in [0.15, 0.2) is 0 Å². The molecule has 1 aromatic carbocycles. The molecule has 0 spiro atoms. The summed E-state index contributed by atoms with van der Waals surface area (Å²) in [6.45, 7) is 2.58. The van der Waals surface area contributed by atoms with Gasteiger partial charge >= 0.3 is 13.1 Å². The SMILES string of the molecule is CC[C@H](N)C(=O)N1CC(Oc2ccc3c(c2C(=O)O)OB(O)CC3)C1. The number of likely N-dealkylation sites (tertiary alicyclic amines) is 1. The zero-order chi connectivity index (χ0) is 18.1. The van der Waals surface area contributed by atoms with Crippen molar-refractivity contribution in [3.63, 3.8) is 0 Å². The van der Waals surface area contributed by atoms with E-state index < -0.39 is 19.1 Å². The number of hydrogen-bond acceptors (Lipinski definition) is 6. The minimum atomic E-state index is -1.18. The van der Waals surface area contributed by atoms with E-state index >= 15 is 0 Å². The number of carboxylic acids is 1. The summed E-state index contributed by atoms with van der Waals surface area (Å²) in [5.41, 5.74) is 6.37. The molecular formula is C16H21BN2O6. The van der Waals surface area contributed by atoms with Crippen molar-refractivity contribution in [2.75, 3.05) is 13.1 Å². The fourth-order valence-corrected chi connectivity index (χ4v) is 3.00. The molecule has 4 N–H and O–H groups in total. The Morgan fingerprint density at radius 1 is 1.48 bits per heavy atom. The molecule has 0 bridgehead atoms. The molecule has 0 unspecified atom stereocenters. The largest absolute Gasteiger partial charge is 0.535 e. The van der Waals surface area contributed by atoms with Crippen LogP contribution in [-0.2, 0) is 11.2 Å². The first-order valence-corrected chi connectivity index (χ1v) is 8.35. The molecule has 1 aromatic rings. The van der Waals surface area contributed by atoms with Gasteiger partial charge in [0.1, 0.15) is 23.2 Å². The average Bonchev–Trinajstić information content (AvgIpc) is 2.55. The maximum Gasteiger partial charge on any atom is 0.522 e. The van der Waals surface area contributed by atoms with Crippen molar-refractivity contribution in [1.29, 1.82) is 0 Å². The summed E-state index contributed by atoms with van der Waals surface area (Å²) in [5, 5.41) is 19.2. The maximum atomic E-state index is 12.0. The lowest BCUT2D eigenvalue weighted by Gasteiger charge is -2.40. The maximum absolute atomic E-state index is 12.0. The van der Waals surface area contributed by atoms with Crippen LogP contribution in [0, 0.1) is 0 Å². The van der Waals surface area contributed by atoms with Crippen LogP contribution in [0.5, 0.6) is 11.5 Å². The summed E-state index contributed by atoms with van der Waals surface area (Å²) < 4.78 is 11.1. The molecule has 0 radical (unpaired) electrons. The number of rotatable bonds is 5. The summed E-state index contributed by atoms with van der Waals surface area (Å²) in [7, 11) is -1.02. The fraction of sp³-hybridized carbons (Fsp3) is 0.500. The van der Waals surface area contributed by atoms with Gasteiger partial charge in [0.25, 0.3) is 0 Å². The second-order valence-corrected chi connectivity index (χ2v) is 6.34. The Morgan fingerprint density at radius 3 is 2.84 bits per heavy atom. The van der Waals surface area contributed by atoms with Gasteiger partial charge in [-0.15, -0.1) is 0 Å². The van der Waals surface area contributed by atoms with Gasteiger partial charge in [-0.2, -0.15) is 0 Å².